The number of alkyl halides is 1. The minimum atomic E-state index is -0.186. The highest BCUT2D eigenvalue weighted by atomic mass is 79.9. The number of hydrogen-bond donors (Lipinski definition) is 1. The summed E-state index contributed by atoms with van der Waals surface area (Å²) in [5.41, 5.74) is 2.22. The lowest BCUT2D eigenvalue weighted by Crippen LogP contribution is -2.25. The number of nitrogens with one attached hydrogen (secondary N) is 1. The fourth-order valence-corrected chi connectivity index (χ4v) is 2.90. The molecule has 0 saturated carbocycles. The maximum Gasteiger partial charge on any atom is 0.251 e. The van der Waals surface area contributed by atoms with Gasteiger partial charge in [-0.1, -0.05) is 51.8 Å². The Morgan fingerprint density at radius 1 is 1.12 bits per heavy atom. The average Bonchev–Trinajstić information content (AvgIpc) is 2.62. The predicted octanol–water partition coefficient (Wildman–Crippen LogP) is 4.68. The van der Waals surface area contributed by atoms with Gasteiger partial charge in [-0.2, -0.15) is 0 Å². The second-order valence-electron chi connectivity index (χ2n) is 6.07. The molecule has 0 aliphatic carbocycles. The highest BCUT2D eigenvalue weighted by molar-refractivity contribution is 9.09. The summed E-state index contributed by atoms with van der Waals surface area (Å²) >= 11 is 9.32. The second-order valence-corrected chi connectivity index (χ2v) is 7.04. The van der Waals surface area contributed by atoms with Gasteiger partial charge in [0.1, 0.15) is 5.75 Å². The fourth-order valence-electron chi connectivity index (χ4n) is 2.35. The van der Waals surface area contributed by atoms with Crippen molar-refractivity contribution in [2.75, 3.05) is 11.9 Å². The molecule has 2 aromatic rings. The molecule has 2 rings (SSSR count). The summed E-state index contributed by atoms with van der Waals surface area (Å²) < 4.78 is 5.56. The van der Waals surface area contributed by atoms with E-state index >= 15 is 0 Å². The number of hydrogen-bond acceptors (Lipinski definition) is 3. The van der Waals surface area contributed by atoms with E-state index in [4.69, 9.17) is 16.3 Å². The lowest BCUT2D eigenvalue weighted by molar-refractivity contribution is 0.0953. The van der Waals surface area contributed by atoms with E-state index in [2.05, 4.69) is 21.2 Å². The summed E-state index contributed by atoms with van der Waals surface area (Å²) in [6.07, 6.45) is 0.694. The van der Waals surface area contributed by atoms with Crippen LogP contribution >= 0.6 is 27.5 Å². The maximum atomic E-state index is 12.2. The van der Waals surface area contributed by atoms with Crippen molar-refractivity contribution in [2.24, 2.45) is 0 Å². The topological polar surface area (TPSA) is 55.4 Å². The summed E-state index contributed by atoms with van der Waals surface area (Å²) in [7, 11) is 0. The fraction of sp³-hybridized carbons (Fsp3) is 0.300. The van der Waals surface area contributed by atoms with E-state index in [9.17, 15) is 9.59 Å². The summed E-state index contributed by atoms with van der Waals surface area (Å²) in [6.45, 7) is 4.32. The van der Waals surface area contributed by atoms with Crippen LogP contribution < -0.4 is 10.1 Å². The van der Waals surface area contributed by atoms with Crippen molar-refractivity contribution in [1.29, 1.82) is 0 Å². The van der Waals surface area contributed by atoms with Crippen molar-refractivity contribution in [3.8, 4) is 5.75 Å². The first kappa shape index (κ1) is 20.5. The molecular formula is C20H21BrClNO3. The van der Waals surface area contributed by atoms with E-state index in [0.29, 0.717) is 40.2 Å². The molecule has 0 radical (unpaired) electrons. The normalized spacial score (nSPS) is 10.7. The van der Waals surface area contributed by atoms with Crippen molar-refractivity contribution < 1.29 is 14.3 Å². The Hall–Kier alpha value is -1.85. The molecule has 4 nitrogen and oxygen atoms in total. The zero-order valence-corrected chi connectivity index (χ0v) is 17.1. The molecule has 0 atom stereocenters. The van der Waals surface area contributed by atoms with Crippen molar-refractivity contribution in [1.82, 2.24) is 5.32 Å². The Morgan fingerprint density at radius 2 is 1.77 bits per heavy atom. The van der Waals surface area contributed by atoms with E-state index < -0.39 is 0 Å². The molecule has 138 valence electrons. The molecule has 2 aromatic carbocycles. The van der Waals surface area contributed by atoms with Crippen LogP contribution in [0.1, 0.15) is 40.1 Å². The largest absolute Gasteiger partial charge is 0.489 e. The Bertz CT molecular complexity index is 775. The molecule has 0 aliphatic heterocycles. The van der Waals surface area contributed by atoms with Gasteiger partial charge in [0.2, 0.25) is 0 Å². The molecule has 0 unspecified atom stereocenters. The lowest BCUT2D eigenvalue weighted by atomic mass is 10.1. The number of carbonyl (C=O) groups excluding carboxylic acids is 2. The van der Waals surface area contributed by atoms with Gasteiger partial charge in [0, 0.05) is 17.7 Å². The number of ether oxygens (including phenoxy) is 1. The van der Waals surface area contributed by atoms with Gasteiger partial charge in [0.15, 0.2) is 5.78 Å². The standard InChI is InChI=1S/C20H21BrClNO3/c1-13(2)26-19-8-7-16(11-17(19)22)20(25)23-10-9-14-3-5-15(6-4-14)18(24)12-21/h3-8,11,13H,9-10,12H2,1-2H3,(H,23,25). The number of Topliss-reactive ketones (excluding diaryl/α,β-unsaturated/α-hetero) is 1. The Balaban J connectivity index is 1.88. The maximum absolute atomic E-state index is 12.2. The Kier molecular flexibility index (Phi) is 7.66. The van der Waals surface area contributed by atoms with Crippen LogP contribution in [0.4, 0.5) is 0 Å². The van der Waals surface area contributed by atoms with Gasteiger partial charge in [0.25, 0.3) is 5.91 Å². The van der Waals surface area contributed by atoms with Crippen LogP contribution in [-0.4, -0.2) is 29.7 Å². The Morgan fingerprint density at radius 3 is 2.35 bits per heavy atom. The number of carbonyl (C=O) groups is 2. The van der Waals surface area contributed by atoms with Crippen LogP contribution in [-0.2, 0) is 6.42 Å². The molecular weight excluding hydrogens is 418 g/mol. The molecule has 1 amide bonds. The van der Waals surface area contributed by atoms with Crippen molar-refractivity contribution >= 4 is 39.2 Å². The van der Waals surface area contributed by atoms with E-state index in [1.807, 2.05) is 26.0 Å². The van der Waals surface area contributed by atoms with Crippen LogP contribution in [0, 0.1) is 0 Å². The van der Waals surface area contributed by atoms with Crippen LogP contribution in [0.5, 0.6) is 5.75 Å². The summed E-state index contributed by atoms with van der Waals surface area (Å²) in [6, 6.07) is 12.4. The van der Waals surface area contributed by atoms with Gasteiger partial charge in [-0.25, -0.2) is 0 Å². The Labute approximate surface area is 167 Å². The molecule has 0 aliphatic rings. The van der Waals surface area contributed by atoms with Crippen molar-refractivity contribution in [2.45, 2.75) is 26.4 Å². The number of rotatable bonds is 8. The molecule has 0 heterocycles. The molecule has 0 bridgehead atoms. The molecule has 0 aromatic heterocycles. The zero-order valence-electron chi connectivity index (χ0n) is 14.7. The molecule has 1 N–H and O–H groups in total. The smallest absolute Gasteiger partial charge is 0.251 e. The molecule has 26 heavy (non-hydrogen) atoms. The first-order valence-electron chi connectivity index (χ1n) is 8.33. The van der Waals surface area contributed by atoms with Gasteiger partial charge in [-0.05, 0) is 44.0 Å². The van der Waals surface area contributed by atoms with Crippen molar-refractivity contribution in [3.63, 3.8) is 0 Å². The average molecular weight is 439 g/mol. The van der Waals surface area contributed by atoms with Gasteiger partial charge < -0.3 is 10.1 Å². The van der Waals surface area contributed by atoms with E-state index in [1.54, 1.807) is 30.3 Å². The first-order chi connectivity index (χ1) is 12.4. The lowest BCUT2D eigenvalue weighted by Gasteiger charge is -2.12. The third-order valence-corrected chi connectivity index (χ3v) is 4.46. The van der Waals surface area contributed by atoms with Gasteiger partial charge >= 0.3 is 0 Å². The van der Waals surface area contributed by atoms with Gasteiger partial charge in [-0.3, -0.25) is 9.59 Å². The minimum Gasteiger partial charge on any atom is -0.489 e. The zero-order chi connectivity index (χ0) is 19.1. The highest BCUT2D eigenvalue weighted by Gasteiger charge is 2.10. The molecule has 6 heteroatoms. The van der Waals surface area contributed by atoms with E-state index in [0.717, 1.165) is 5.56 Å². The number of benzene rings is 2. The third-order valence-electron chi connectivity index (χ3n) is 3.65. The molecule has 0 fully saturated rings. The van der Waals surface area contributed by atoms with E-state index in [-0.39, 0.29) is 17.8 Å². The van der Waals surface area contributed by atoms with Crippen LogP contribution in [0.25, 0.3) is 0 Å². The highest BCUT2D eigenvalue weighted by Crippen LogP contribution is 2.26. The number of ketones is 1. The first-order valence-corrected chi connectivity index (χ1v) is 9.83. The number of halogens is 2. The van der Waals surface area contributed by atoms with Crippen LogP contribution in [0.3, 0.4) is 0 Å². The number of amides is 1. The second kappa shape index (κ2) is 9.74. The van der Waals surface area contributed by atoms with Crippen molar-refractivity contribution in [3.05, 3.63) is 64.2 Å². The molecule has 0 spiro atoms. The molecule has 0 saturated heterocycles. The van der Waals surface area contributed by atoms with Crippen LogP contribution in [0.2, 0.25) is 5.02 Å². The monoisotopic (exact) mass is 437 g/mol. The quantitative estimate of drug-likeness (QED) is 0.481. The third kappa shape index (κ3) is 5.85. The van der Waals surface area contributed by atoms with Gasteiger partial charge in [0.05, 0.1) is 16.5 Å². The van der Waals surface area contributed by atoms with Crippen LogP contribution in [0.15, 0.2) is 42.5 Å². The minimum absolute atomic E-state index is 0.0170. The summed E-state index contributed by atoms with van der Waals surface area (Å²) in [5, 5.41) is 3.60. The van der Waals surface area contributed by atoms with E-state index in [1.165, 1.54) is 0 Å². The summed E-state index contributed by atoms with van der Waals surface area (Å²) in [4.78, 5) is 23.8. The predicted molar refractivity (Wildman–Crippen MR) is 108 cm³/mol. The SMILES string of the molecule is CC(C)Oc1ccc(C(=O)NCCc2ccc(C(=O)CBr)cc2)cc1Cl. The summed E-state index contributed by atoms with van der Waals surface area (Å²) in [5.74, 6) is 0.428. The van der Waals surface area contributed by atoms with Gasteiger partial charge in [-0.15, -0.1) is 0 Å².